The molecule has 0 unspecified atom stereocenters. The molecule has 2 rings (SSSR count). The highest BCUT2D eigenvalue weighted by Gasteiger charge is 1.99. The first-order valence-electron chi connectivity index (χ1n) is 4.93. The molecule has 0 spiro atoms. The third-order valence-corrected chi connectivity index (χ3v) is 2.30. The smallest absolute Gasteiger partial charge is 0.141 e. The Hall–Kier alpha value is -2.08. The highest BCUT2D eigenvalue weighted by molar-refractivity contribution is 5.51. The van der Waals surface area contributed by atoms with Gasteiger partial charge >= 0.3 is 0 Å². The summed E-state index contributed by atoms with van der Waals surface area (Å²) in [4.78, 5) is 4.03. The van der Waals surface area contributed by atoms with E-state index in [1.165, 1.54) is 0 Å². The fourth-order valence-corrected chi connectivity index (χ4v) is 1.39. The minimum absolute atomic E-state index is 0.634. The van der Waals surface area contributed by atoms with Crippen molar-refractivity contribution >= 4 is 11.5 Å². The largest absolute Gasteiger partial charge is 0.379 e. The molecule has 0 amide bonds. The molecule has 2 aromatic rings. The van der Waals surface area contributed by atoms with Gasteiger partial charge in [-0.05, 0) is 12.1 Å². The Morgan fingerprint density at radius 2 is 2.25 bits per heavy atom. The van der Waals surface area contributed by atoms with Gasteiger partial charge in [-0.25, -0.2) is 10.8 Å². The molecule has 0 fully saturated rings. The second kappa shape index (κ2) is 4.63. The van der Waals surface area contributed by atoms with Crippen molar-refractivity contribution in [3.05, 3.63) is 36.3 Å². The molecule has 0 aliphatic carbocycles. The van der Waals surface area contributed by atoms with Crippen LogP contribution in [0, 0.1) is 0 Å². The standard InChI is InChI=1S/C10H14N6/c1-16-9(3-5-14-16)7-13-8-2-4-12-10(6-8)15-11/h2-6H,7,11H2,1H3,(H2,12,13,15). The summed E-state index contributed by atoms with van der Waals surface area (Å²) in [5.41, 5.74) is 4.58. The van der Waals surface area contributed by atoms with Gasteiger partial charge in [0, 0.05) is 31.2 Å². The summed E-state index contributed by atoms with van der Waals surface area (Å²) in [6.45, 7) is 0.713. The van der Waals surface area contributed by atoms with Crippen LogP contribution >= 0.6 is 0 Å². The fraction of sp³-hybridized carbons (Fsp3) is 0.200. The molecule has 0 saturated heterocycles. The maximum atomic E-state index is 5.28. The molecule has 0 saturated carbocycles. The first kappa shape index (κ1) is 10.4. The summed E-state index contributed by atoms with van der Waals surface area (Å²) in [5, 5.41) is 7.36. The number of rotatable bonds is 4. The number of nitrogen functional groups attached to an aromatic ring is 1. The van der Waals surface area contributed by atoms with Crippen LogP contribution in [0.25, 0.3) is 0 Å². The monoisotopic (exact) mass is 218 g/mol. The third kappa shape index (κ3) is 2.29. The van der Waals surface area contributed by atoms with Crippen molar-refractivity contribution in [2.75, 3.05) is 10.7 Å². The zero-order valence-corrected chi connectivity index (χ0v) is 9.01. The lowest BCUT2D eigenvalue weighted by molar-refractivity contribution is 0.720. The van der Waals surface area contributed by atoms with Gasteiger partial charge in [0.2, 0.25) is 0 Å². The van der Waals surface area contributed by atoms with E-state index < -0.39 is 0 Å². The quantitative estimate of drug-likeness (QED) is 0.520. The summed E-state index contributed by atoms with van der Waals surface area (Å²) >= 11 is 0. The Bertz CT molecular complexity index is 464. The molecular formula is C10H14N6. The second-order valence-corrected chi connectivity index (χ2v) is 3.37. The molecule has 2 heterocycles. The zero-order valence-electron chi connectivity index (χ0n) is 9.01. The van der Waals surface area contributed by atoms with Gasteiger partial charge in [-0.2, -0.15) is 5.10 Å². The number of nitrogens with two attached hydrogens (primary N) is 1. The Morgan fingerprint density at radius 3 is 2.94 bits per heavy atom. The maximum absolute atomic E-state index is 5.28. The lowest BCUT2D eigenvalue weighted by Crippen LogP contribution is -2.09. The molecule has 0 radical (unpaired) electrons. The van der Waals surface area contributed by atoms with Crippen molar-refractivity contribution < 1.29 is 0 Å². The maximum Gasteiger partial charge on any atom is 0.141 e. The van der Waals surface area contributed by atoms with Gasteiger partial charge < -0.3 is 10.7 Å². The Labute approximate surface area is 93.5 Å². The number of aryl methyl sites for hydroxylation is 1. The van der Waals surface area contributed by atoms with Crippen molar-refractivity contribution in [2.45, 2.75) is 6.54 Å². The number of hydrogen-bond donors (Lipinski definition) is 3. The molecule has 2 aromatic heterocycles. The molecule has 0 aromatic carbocycles. The van der Waals surface area contributed by atoms with Crippen LogP contribution in [0.2, 0.25) is 0 Å². The SMILES string of the molecule is Cn1nccc1CNc1ccnc(NN)c1. The highest BCUT2D eigenvalue weighted by atomic mass is 15.3. The van der Waals surface area contributed by atoms with E-state index in [9.17, 15) is 0 Å². The van der Waals surface area contributed by atoms with Crippen molar-refractivity contribution in [2.24, 2.45) is 12.9 Å². The van der Waals surface area contributed by atoms with Gasteiger partial charge in [-0.3, -0.25) is 4.68 Å². The van der Waals surface area contributed by atoms with Crippen LogP contribution in [0.15, 0.2) is 30.6 Å². The van der Waals surface area contributed by atoms with Crippen LogP contribution in [0.4, 0.5) is 11.5 Å². The molecular weight excluding hydrogens is 204 g/mol. The predicted molar refractivity (Wildman–Crippen MR) is 62.6 cm³/mol. The summed E-state index contributed by atoms with van der Waals surface area (Å²) in [5.74, 6) is 5.91. The Balaban J connectivity index is 2.02. The van der Waals surface area contributed by atoms with Crippen molar-refractivity contribution in [3.8, 4) is 0 Å². The van der Waals surface area contributed by atoms with Crippen LogP contribution in [-0.2, 0) is 13.6 Å². The fourth-order valence-electron chi connectivity index (χ4n) is 1.39. The van der Waals surface area contributed by atoms with Crippen molar-refractivity contribution in [1.29, 1.82) is 0 Å². The van der Waals surface area contributed by atoms with Crippen molar-refractivity contribution in [3.63, 3.8) is 0 Å². The van der Waals surface area contributed by atoms with E-state index in [-0.39, 0.29) is 0 Å². The third-order valence-electron chi connectivity index (χ3n) is 2.30. The van der Waals surface area contributed by atoms with Gasteiger partial charge in [0.25, 0.3) is 0 Å². The Morgan fingerprint density at radius 1 is 1.38 bits per heavy atom. The van der Waals surface area contributed by atoms with E-state index in [1.54, 1.807) is 12.4 Å². The molecule has 0 aliphatic rings. The molecule has 0 atom stereocenters. The first-order valence-corrected chi connectivity index (χ1v) is 4.93. The van der Waals surface area contributed by atoms with Crippen LogP contribution < -0.4 is 16.6 Å². The van der Waals surface area contributed by atoms with Gasteiger partial charge in [0.05, 0.1) is 12.2 Å². The van der Waals surface area contributed by atoms with Crippen LogP contribution in [0.5, 0.6) is 0 Å². The topological polar surface area (TPSA) is 80.8 Å². The summed E-state index contributed by atoms with van der Waals surface area (Å²) in [6.07, 6.45) is 3.47. The van der Waals surface area contributed by atoms with Gasteiger partial charge in [-0.15, -0.1) is 0 Å². The van der Waals surface area contributed by atoms with Gasteiger partial charge in [0.1, 0.15) is 5.82 Å². The molecule has 0 aliphatic heterocycles. The van der Waals surface area contributed by atoms with Crippen LogP contribution in [-0.4, -0.2) is 14.8 Å². The predicted octanol–water partition coefficient (Wildman–Crippen LogP) is 0.713. The van der Waals surface area contributed by atoms with E-state index >= 15 is 0 Å². The molecule has 6 nitrogen and oxygen atoms in total. The molecule has 4 N–H and O–H groups in total. The summed E-state index contributed by atoms with van der Waals surface area (Å²) < 4.78 is 1.83. The molecule has 0 bridgehead atoms. The lowest BCUT2D eigenvalue weighted by atomic mass is 10.3. The number of nitrogens with zero attached hydrogens (tertiary/aromatic N) is 3. The van der Waals surface area contributed by atoms with E-state index in [0.717, 1.165) is 11.4 Å². The van der Waals surface area contributed by atoms with E-state index in [2.05, 4.69) is 20.8 Å². The van der Waals surface area contributed by atoms with Crippen molar-refractivity contribution in [1.82, 2.24) is 14.8 Å². The van der Waals surface area contributed by atoms with E-state index in [1.807, 2.05) is 29.9 Å². The number of aromatic nitrogens is 3. The van der Waals surface area contributed by atoms with E-state index in [4.69, 9.17) is 5.84 Å². The molecule has 84 valence electrons. The van der Waals surface area contributed by atoms with E-state index in [0.29, 0.717) is 12.4 Å². The molecule has 16 heavy (non-hydrogen) atoms. The minimum Gasteiger partial charge on any atom is -0.379 e. The van der Waals surface area contributed by atoms with Crippen LogP contribution in [0.1, 0.15) is 5.69 Å². The first-order chi connectivity index (χ1) is 7.79. The summed E-state index contributed by atoms with van der Waals surface area (Å²) in [7, 11) is 1.91. The van der Waals surface area contributed by atoms with Crippen LogP contribution in [0.3, 0.4) is 0 Å². The number of hydrogen-bond acceptors (Lipinski definition) is 5. The summed E-state index contributed by atoms with van der Waals surface area (Å²) in [6, 6.07) is 5.70. The average molecular weight is 218 g/mol. The van der Waals surface area contributed by atoms with Gasteiger partial charge in [0.15, 0.2) is 0 Å². The lowest BCUT2D eigenvalue weighted by Gasteiger charge is -2.07. The number of anilines is 2. The number of hydrazine groups is 1. The second-order valence-electron chi connectivity index (χ2n) is 3.37. The Kier molecular flexibility index (Phi) is 3.02. The molecule has 6 heteroatoms. The highest BCUT2D eigenvalue weighted by Crippen LogP contribution is 2.11. The number of nitrogens with one attached hydrogen (secondary N) is 2. The normalized spacial score (nSPS) is 10.1. The van der Waals surface area contributed by atoms with Gasteiger partial charge in [-0.1, -0.05) is 0 Å². The minimum atomic E-state index is 0.634. The number of pyridine rings is 1. The zero-order chi connectivity index (χ0) is 11.4. The average Bonchev–Trinajstić information content (AvgIpc) is 2.72.